The van der Waals surface area contributed by atoms with E-state index in [1.54, 1.807) is 0 Å². The zero-order chi connectivity index (χ0) is 12.6. The van der Waals surface area contributed by atoms with Crippen LogP contribution >= 0.6 is 0 Å². The van der Waals surface area contributed by atoms with Crippen molar-refractivity contribution in [2.45, 2.75) is 12.8 Å². The molecule has 2 rings (SSSR count). The Kier molecular flexibility index (Phi) is 2.97. The predicted molar refractivity (Wildman–Crippen MR) is 60.1 cm³/mol. The minimum absolute atomic E-state index is 0.153. The van der Waals surface area contributed by atoms with Crippen LogP contribution in [0, 0.1) is 0 Å². The van der Waals surface area contributed by atoms with E-state index in [2.05, 4.69) is 10.2 Å². The molecule has 0 aliphatic carbocycles. The Morgan fingerprint density at radius 1 is 1.06 bits per heavy atom. The third-order valence-corrected chi connectivity index (χ3v) is 3.21. The van der Waals surface area contributed by atoms with Gasteiger partial charge in [0.25, 0.3) is 11.8 Å². The number of piperidine rings is 1. The molecule has 2 fully saturated rings. The Morgan fingerprint density at radius 3 is 2.24 bits per heavy atom. The highest BCUT2D eigenvalue weighted by atomic mass is 16.2. The van der Waals surface area contributed by atoms with E-state index in [9.17, 15) is 14.4 Å². The third-order valence-electron chi connectivity index (χ3n) is 3.21. The fourth-order valence-electron chi connectivity index (χ4n) is 2.05. The van der Waals surface area contributed by atoms with Crippen LogP contribution in [0.4, 0.5) is 4.79 Å². The van der Waals surface area contributed by atoms with Crippen molar-refractivity contribution in [3.05, 3.63) is 11.1 Å². The summed E-state index contributed by atoms with van der Waals surface area (Å²) in [6.07, 6.45) is 1.40. The van der Waals surface area contributed by atoms with Gasteiger partial charge in [0.05, 0.1) is 0 Å². The molecule has 0 aromatic heterocycles. The van der Waals surface area contributed by atoms with Gasteiger partial charge in [-0.05, 0) is 25.5 Å². The molecular formula is C11H15N3O3. The summed E-state index contributed by atoms with van der Waals surface area (Å²) in [6, 6.07) is -0.655. The van der Waals surface area contributed by atoms with Crippen molar-refractivity contribution in [1.29, 1.82) is 0 Å². The van der Waals surface area contributed by atoms with Gasteiger partial charge in [-0.15, -0.1) is 0 Å². The predicted octanol–water partition coefficient (Wildman–Crippen LogP) is -0.283. The molecule has 1 N–H and O–H groups in total. The zero-order valence-electron chi connectivity index (χ0n) is 9.95. The molecule has 0 aromatic rings. The lowest BCUT2D eigenvalue weighted by Crippen LogP contribution is -2.53. The normalized spacial score (nSPS) is 23.2. The van der Waals surface area contributed by atoms with Gasteiger partial charge in [-0.1, -0.05) is 0 Å². The Hall–Kier alpha value is -1.69. The summed E-state index contributed by atoms with van der Waals surface area (Å²) in [7, 11) is 3.37. The molecule has 2 saturated heterocycles. The quantitative estimate of drug-likeness (QED) is 0.464. The van der Waals surface area contributed by atoms with Gasteiger partial charge in [0.15, 0.2) is 0 Å². The number of likely N-dealkylation sites (N-methyl/N-ethyl adjacent to an activating group) is 1. The Labute approximate surface area is 99.2 Å². The number of barbiturate groups is 1. The number of nitrogens with zero attached hydrogens (tertiary/aromatic N) is 2. The number of nitrogens with one attached hydrogen (secondary N) is 1. The number of hydrogen-bond acceptors (Lipinski definition) is 4. The van der Waals surface area contributed by atoms with E-state index in [1.807, 2.05) is 7.05 Å². The standard InChI is InChI=1S/C11H15N3O3/c1-13-5-3-7(4-6-13)8-9(15)12-11(17)14(2)10(8)16/h3-6H2,1-2H3,(H,12,15,17). The molecule has 0 saturated carbocycles. The summed E-state index contributed by atoms with van der Waals surface area (Å²) in [5.74, 6) is -1.05. The van der Waals surface area contributed by atoms with E-state index in [0.717, 1.165) is 23.6 Å². The molecule has 0 atom stereocenters. The Bertz CT molecular complexity index is 418. The first-order valence-electron chi connectivity index (χ1n) is 5.54. The zero-order valence-corrected chi connectivity index (χ0v) is 9.95. The van der Waals surface area contributed by atoms with Gasteiger partial charge in [-0.2, -0.15) is 0 Å². The van der Waals surface area contributed by atoms with Crippen LogP contribution in [0.5, 0.6) is 0 Å². The maximum Gasteiger partial charge on any atom is 0.331 e. The lowest BCUT2D eigenvalue weighted by Gasteiger charge is -2.29. The van der Waals surface area contributed by atoms with Crippen molar-refractivity contribution >= 4 is 17.8 Å². The molecule has 2 aliphatic rings. The average molecular weight is 237 g/mol. The van der Waals surface area contributed by atoms with Crippen LogP contribution in [0.25, 0.3) is 0 Å². The van der Waals surface area contributed by atoms with Gasteiger partial charge in [0, 0.05) is 20.1 Å². The highest BCUT2D eigenvalue weighted by Gasteiger charge is 2.35. The smallest absolute Gasteiger partial charge is 0.306 e. The number of likely N-dealkylation sites (tertiary alicyclic amines) is 1. The van der Waals surface area contributed by atoms with Crippen LogP contribution in [0.15, 0.2) is 11.1 Å². The molecule has 6 nitrogen and oxygen atoms in total. The largest absolute Gasteiger partial charge is 0.331 e. The lowest BCUT2D eigenvalue weighted by atomic mass is 9.96. The summed E-state index contributed by atoms with van der Waals surface area (Å²) < 4.78 is 0. The maximum absolute atomic E-state index is 11.9. The molecule has 4 amide bonds. The summed E-state index contributed by atoms with van der Waals surface area (Å²) in [5, 5.41) is 2.17. The Balaban J connectivity index is 2.30. The lowest BCUT2D eigenvalue weighted by molar-refractivity contribution is -0.129. The average Bonchev–Trinajstić information content (AvgIpc) is 2.29. The van der Waals surface area contributed by atoms with Crippen molar-refractivity contribution < 1.29 is 14.4 Å². The number of carbonyl (C=O) groups excluding carboxylic acids is 3. The molecule has 2 heterocycles. The van der Waals surface area contributed by atoms with Crippen LogP contribution < -0.4 is 5.32 Å². The number of rotatable bonds is 0. The molecule has 92 valence electrons. The summed E-state index contributed by atoms with van der Waals surface area (Å²) in [4.78, 5) is 37.9. The molecule has 17 heavy (non-hydrogen) atoms. The van der Waals surface area contributed by atoms with Crippen LogP contribution in [0.2, 0.25) is 0 Å². The fourth-order valence-corrected chi connectivity index (χ4v) is 2.05. The van der Waals surface area contributed by atoms with E-state index in [4.69, 9.17) is 0 Å². The second-order valence-corrected chi connectivity index (χ2v) is 4.41. The topological polar surface area (TPSA) is 69.7 Å². The maximum atomic E-state index is 11.9. The highest BCUT2D eigenvalue weighted by Crippen LogP contribution is 2.22. The SMILES string of the molecule is CN1CCC(=C2C(=O)NC(=O)N(C)C2=O)CC1. The van der Waals surface area contributed by atoms with Crippen LogP contribution in [0.1, 0.15) is 12.8 Å². The number of amides is 4. The first kappa shape index (κ1) is 11.8. The molecule has 2 aliphatic heterocycles. The van der Waals surface area contributed by atoms with E-state index in [-0.39, 0.29) is 5.57 Å². The minimum atomic E-state index is -0.655. The summed E-state index contributed by atoms with van der Waals surface area (Å²) in [6.45, 7) is 1.66. The molecule has 0 unspecified atom stereocenters. The Morgan fingerprint density at radius 2 is 1.65 bits per heavy atom. The van der Waals surface area contributed by atoms with E-state index < -0.39 is 17.8 Å². The van der Waals surface area contributed by atoms with Crippen molar-refractivity contribution in [2.24, 2.45) is 0 Å². The van der Waals surface area contributed by atoms with Crippen molar-refractivity contribution in [1.82, 2.24) is 15.1 Å². The molecular weight excluding hydrogens is 222 g/mol. The monoisotopic (exact) mass is 237 g/mol. The minimum Gasteiger partial charge on any atom is -0.306 e. The summed E-state index contributed by atoms with van der Waals surface area (Å²) in [5.41, 5.74) is 1.00. The van der Waals surface area contributed by atoms with Gasteiger partial charge in [0.2, 0.25) is 0 Å². The van der Waals surface area contributed by atoms with Gasteiger partial charge in [-0.3, -0.25) is 19.8 Å². The number of imide groups is 2. The van der Waals surface area contributed by atoms with E-state index in [0.29, 0.717) is 12.8 Å². The number of urea groups is 1. The van der Waals surface area contributed by atoms with E-state index >= 15 is 0 Å². The van der Waals surface area contributed by atoms with Crippen molar-refractivity contribution in [2.75, 3.05) is 27.2 Å². The first-order valence-corrected chi connectivity index (χ1v) is 5.54. The van der Waals surface area contributed by atoms with Gasteiger partial charge in [-0.25, -0.2) is 4.79 Å². The molecule has 6 heteroatoms. The van der Waals surface area contributed by atoms with Gasteiger partial charge >= 0.3 is 6.03 Å². The highest BCUT2D eigenvalue weighted by molar-refractivity contribution is 6.29. The van der Waals surface area contributed by atoms with Gasteiger partial charge in [0.1, 0.15) is 5.57 Å². The number of hydrogen-bond donors (Lipinski definition) is 1. The molecule has 0 spiro atoms. The molecule has 0 aromatic carbocycles. The second kappa shape index (κ2) is 4.29. The fraction of sp³-hybridized carbons (Fsp3) is 0.545. The van der Waals surface area contributed by atoms with Crippen LogP contribution in [-0.2, 0) is 9.59 Å². The van der Waals surface area contributed by atoms with Crippen molar-refractivity contribution in [3.8, 4) is 0 Å². The van der Waals surface area contributed by atoms with E-state index in [1.165, 1.54) is 7.05 Å². The first-order chi connectivity index (χ1) is 8.00. The molecule has 0 bridgehead atoms. The van der Waals surface area contributed by atoms with Crippen LogP contribution in [-0.4, -0.2) is 54.8 Å². The third kappa shape index (κ3) is 2.08. The number of carbonyl (C=O) groups is 3. The van der Waals surface area contributed by atoms with Crippen LogP contribution in [0.3, 0.4) is 0 Å². The molecule has 0 radical (unpaired) electrons. The van der Waals surface area contributed by atoms with Gasteiger partial charge < -0.3 is 4.90 Å². The van der Waals surface area contributed by atoms with Crippen molar-refractivity contribution in [3.63, 3.8) is 0 Å². The second-order valence-electron chi connectivity index (χ2n) is 4.41. The summed E-state index contributed by atoms with van der Waals surface area (Å²) >= 11 is 0.